The van der Waals surface area contributed by atoms with Gasteiger partial charge in [-0.1, -0.05) is 0 Å². The fourth-order valence-electron chi connectivity index (χ4n) is 2.96. The van der Waals surface area contributed by atoms with Crippen LogP contribution in [0.1, 0.15) is 19.3 Å². The van der Waals surface area contributed by atoms with Gasteiger partial charge in [-0.3, -0.25) is 9.13 Å². The van der Waals surface area contributed by atoms with Gasteiger partial charge < -0.3 is 30.6 Å². The summed E-state index contributed by atoms with van der Waals surface area (Å²) in [6, 6.07) is 0. The second-order valence-corrected chi connectivity index (χ2v) is 9.44. The minimum Gasteiger partial charge on any atom is -0.324 e. The van der Waals surface area contributed by atoms with E-state index in [0.29, 0.717) is 31.7 Å². The first kappa shape index (κ1) is 19.6. The van der Waals surface area contributed by atoms with Gasteiger partial charge in [-0.2, -0.15) is 12.6 Å². The first-order valence-electron chi connectivity index (χ1n) is 6.76. The van der Waals surface area contributed by atoms with E-state index in [0.717, 1.165) is 6.42 Å². The molecule has 7 N–H and O–H groups in total. The van der Waals surface area contributed by atoms with Crippen LogP contribution in [-0.2, 0) is 9.13 Å². The maximum Gasteiger partial charge on any atom is 0.343 e. The Morgan fingerprint density at radius 3 is 2.33 bits per heavy atom. The summed E-state index contributed by atoms with van der Waals surface area (Å²) in [5, 5.41) is 3.14. The predicted octanol–water partition coefficient (Wildman–Crippen LogP) is -0.0691. The summed E-state index contributed by atoms with van der Waals surface area (Å²) in [6.45, 7) is 1.11. The molecule has 1 aliphatic heterocycles. The van der Waals surface area contributed by atoms with E-state index < -0.39 is 32.6 Å². The molecular weight excluding hydrogens is 338 g/mol. The average Bonchev–Trinajstić information content (AvgIpc) is 2.35. The molecule has 126 valence electrons. The van der Waals surface area contributed by atoms with Crippen LogP contribution in [0.2, 0.25) is 0 Å². The fraction of sp³-hybridized carbons (Fsp3) is 1.00. The van der Waals surface area contributed by atoms with Crippen molar-refractivity contribution in [2.24, 2.45) is 17.6 Å². The zero-order valence-electron chi connectivity index (χ0n) is 11.6. The number of hydrogen-bond donors (Lipinski definition) is 7. The van der Waals surface area contributed by atoms with Crippen LogP contribution in [0.25, 0.3) is 0 Å². The SMILES string of the molecule is NC(C(C1CCNCC1CCCS)P(=O)(O)O)P(=O)(O)O. The van der Waals surface area contributed by atoms with Gasteiger partial charge >= 0.3 is 15.2 Å². The molecule has 0 aliphatic carbocycles. The molecule has 0 aromatic rings. The molecule has 0 spiro atoms. The summed E-state index contributed by atoms with van der Waals surface area (Å²) >= 11 is 4.12. The molecule has 4 atom stereocenters. The summed E-state index contributed by atoms with van der Waals surface area (Å²) < 4.78 is 23.2. The molecule has 0 amide bonds. The third kappa shape index (κ3) is 5.61. The number of thiol groups is 1. The fourth-order valence-corrected chi connectivity index (χ4v) is 6.10. The maximum atomic E-state index is 11.8. The summed E-state index contributed by atoms with van der Waals surface area (Å²) in [5.74, 6) is -1.80. The highest BCUT2D eigenvalue weighted by molar-refractivity contribution is 7.80. The zero-order valence-corrected chi connectivity index (χ0v) is 14.3. The molecule has 1 heterocycles. The van der Waals surface area contributed by atoms with E-state index in [1.54, 1.807) is 0 Å². The monoisotopic (exact) mass is 362 g/mol. The summed E-state index contributed by atoms with van der Waals surface area (Å²) in [5.41, 5.74) is 3.99. The van der Waals surface area contributed by atoms with Crippen molar-refractivity contribution < 1.29 is 28.7 Å². The highest BCUT2D eigenvalue weighted by Gasteiger charge is 2.49. The second-order valence-electron chi connectivity index (χ2n) is 5.44. The quantitative estimate of drug-likeness (QED) is 0.245. The number of nitrogens with two attached hydrogens (primary N) is 1. The molecular formula is C10H24N2O6P2S. The number of hydrogen-bond acceptors (Lipinski definition) is 5. The highest BCUT2D eigenvalue weighted by atomic mass is 32.1. The lowest BCUT2D eigenvalue weighted by atomic mass is 9.81. The topological polar surface area (TPSA) is 153 Å². The van der Waals surface area contributed by atoms with Gasteiger partial charge in [0, 0.05) is 0 Å². The average molecular weight is 362 g/mol. The molecule has 8 nitrogen and oxygen atoms in total. The Hall–Kier alpha value is 0.570. The Kier molecular flexibility index (Phi) is 7.38. The minimum atomic E-state index is -4.78. The molecule has 21 heavy (non-hydrogen) atoms. The molecule has 0 aromatic heterocycles. The molecule has 1 saturated heterocycles. The Morgan fingerprint density at radius 2 is 1.86 bits per heavy atom. The predicted molar refractivity (Wildman–Crippen MR) is 83.4 cm³/mol. The van der Waals surface area contributed by atoms with Crippen LogP contribution < -0.4 is 11.1 Å². The molecule has 11 heteroatoms. The first-order chi connectivity index (χ1) is 9.59. The smallest absolute Gasteiger partial charge is 0.324 e. The maximum absolute atomic E-state index is 11.8. The molecule has 4 unspecified atom stereocenters. The lowest BCUT2D eigenvalue weighted by molar-refractivity contribution is 0.202. The van der Waals surface area contributed by atoms with E-state index >= 15 is 0 Å². The Morgan fingerprint density at radius 1 is 1.24 bits per heavy atom. The van der Waals surface area contributed by atoms with Crippen LogP contribution in [-0.4, -0.2) is 49.9 Å². The zero-order chi connectivity index (χ0) is 16.3. The van der Waals surface area contributed by atoms with Gasteiger partial charge in [-0.25, -0.2) is 0 Å². The van der Waals surface area contributed by atoms with E-state index in [-0.39, 0.29) is 5.92 Å². The number of nitrogens with one attached hydrogen (secondary N) is 1. The van der Waals surface area contributed by atoms with Crippen molar-refractivity contribution in [3.8, 4) is 0 Å². The van der Waals surface area contributed by atoms with Crippen LogP contribution in [0.15, 0.2) is 0 Å². The van der Waals surface area contributed by atoms with Crippen molar-refractivity contribution in [1.82, 2.24) is 5.32 Å². The van der Waals surface area contributed by atoms with Gasteiger partial charge in [-0.05, 0) is 49.9 Å². The van der Waals surface area contributed by atoms with Gasteiger partial charge in [0.05, 0.1) is 5.66 Å². The lowest BCUT2D eigenvalue weighted by Crippen LogP contribution is -2.48. The van der Waals surface area contributed by atoms with Gasteiger partial charge in [0.25, 0.3) is 0 Å². The van der Waals surface area contributed by atoms with E-state index in [2.05, 4.69) is 17.9 Å². The Balaban J connectivity index is 3.05. The van der Waals surface area contributed by atoms with Crippen molar-refractivity contribution in [2.45, 2.75) is 30.7 Å². The van der Waals surface area contributed by atoms with E-state index in [1.165, 1.54) is 0 Å². The summed E-state index contributed by atoms with van der Waals surface area (Å²) in [6.07, 6.45) is 1.89. The van der Waals surface area contributed by atoms with Gasteiger partial charge in [0.2, 0.25) is 0 Å². The third-order valence-corrected chi connectivity index (χ3v) is 7.10. The van der Waals surface area contributed by atoms with Crippen molar-refractivity contribution in [3.05, 3.63) is 0 Å². The van der Waals surface area contributed by atoms with E-state index in [1.807, 2.05) is 0 Å². The number of rotatable bonds is 7. The highest BCUT2D eigenvalue weighted by Crippen LogP contribution is 2.57. The van der Waals surface area contributed by atoms with E-state index in [4.69, 9.17) is 5.73 Å². The van der Waals surface area contributed by atoms with Gasteiger partial charge in [0.15, 0.2) is 0 Å². The Bertz CT molecular complexity index is 428. The van der Waals surface area contributed by atoms with Crippen LogP contribution in [0.4, 0.5) is 0 Å². The molecule has 1 aliphatic rings. The summed E-state index contributed by atoms with van der Waals surface area (Å²) in [4.78, 5) is 37.6. The van der Waals surface area contributed by atoms with Gasteiger partial charge in [-0.15, -0.1) is 0 Å². The summed E-state index contributed by atoms with van der Waals surface area (Å²) in [7, 11) is -9.51. The third-order valence-electron chi connectivity index (χ3n) is 3.96. The number of piperidine rings is 1. The molecule has 1 fully saturated rings. The van der Waals surface area contributed by atoms with Crippen molar-refractivity contribution in [1.29, 1.82) is 0 Å². The second kappa shape index (κ2) is 7.90. The molecule has 0 aromatic carbocycles. The van der Waals surface area contributed by atoms with Crippen LogP contribution in [0, 0.1) is 11.8 Å². The molecule has 0 saturated carbocycles. The van der Waals surface area contributed by atoms with Crippen molar-refractivity contribution >= 4 is 27.8 Å². The lowest BCUT2D eigenvalue weighted by Gasteiger charge is -2.40. The van der Waals surface area contributed by atoms with Crippen LogP contribution in [0.5, 0.6) is 0 Å². The van der Waals surface area contributed by atoms with Gasteiger partial charge in [0.1, 0.15) is 5.78 Å². The largest absolute Gasteiger partial charge is 0.343 e. The molecule has 1 rings (SSSR count). The minimum absolute atomic E-state index is 0.0823. The first-order valence-corrected chi connectivity index (χ1v) is 10.8. The molecule has 0 bridgehead atoms. The van der Waals surface area contributed by atoms with Crippen molar-refractivity contribution in [2.75, 3.05) is 18.8 Å². The normalized spacial score (nSPS) is 27.3. The van der Waals surface area contributed by atoms with Crippen LogP contribution in [0.3, 0.4) is 0 Å². The van der Waals surface area contributed by atoms with Crippen molar-refractivity contribution in [3.63, 3.8) is 0 Å². The van der Waals surface area contributed by atoms with Crippen LogP contribution >= 0.6 is 27.8 Å². The van der Waals surface area contributed by atoms with E-state index in [9.17, 15) is 28.7 Å². The molecule has 0 radical (unpaired) electrons. The Labute approximate surface area is 129 Å². The standard InChI is InChI=1S/C10H24N2O6P2S/c11-10(20(16,17)18)9(19(13,14)15)8-3-4-12-6-7(8)2-1-5-21/h7-10,12,21H,1-6,11H2,(H2,13,14,15)(H2,16,17,18).